The summed E-state index contributed by atoms with van der Waals surface area (Å²) in [5.41, 5.74) is 3.11. The van der Waals surface area contributed by atoms with Crippen LogP contribution in [-0.4, -0.2) is 54.0 Å². The first-order valence-electron chi connectivity index (χ1n) is 12.2. The van der Waals surface area contributed by atoms with Crippen LogP contribution >= 0.6 is 11.6 Å². The third-order valence-electron chi connectivity index (χ3n) is 6.81. The van der Waals surface area contributed by atoms with Crippen LogP contribution in [0.3, 0.4) is 0 Å². The zero-order valence-electron chi connectivity index (χ0n) is 20.3. The molecule has 2 aromatic rings. The Kier molecular flexibility index (Phi) is 7.03. The highest BCUT2D eigenvalue weighted by atomic mass is 35.5. The summed E-state index contributed by atoms with van der Waals surface area (Å²) in [6.45, 7) is 3.74. The molecule has 0 aliphatic carbocycles. The minimum absolute atomic E-state index is 0.0467. The minimum atomic E-state index is -0.678. The lowest BCUT2D eigenvalue weighted by Gasteiger charge is -2.29. The van der Waals surface area contributed by atoms with E-state index in [0.29, 0.717) is 34.0 Å². The molecule has 0 saturated carbocycles. The highest BCUT2D eigenvalue weighted by Gasteiger charge is 2.39. The lowest BCUT2D eigenvalue weighted by molar-refractivity contribution is -0.136. The zero-order valence-corrected chi connectivity index (χ0v) is 21.0. The second-order valence-corrected chi connectivity index (χ2v) is 9.81. The molecule has 2 aromatic carbocycles. The van der Waals surface area contributed by atoms with Gasteiger partial charge in [0.25, 0.3) is 5.91 Å². The van der Waals surface area contributed by atoms with Crippen LogP contribution in [0, 0.1) is 6.92 Å². The highest BCUT2D eigenvalue weighted by Crippen LogP contribution is 2.32. The van der Waals surface area contributed by atoms with Crippen molar-refractivity contribution >= 4 is 41.1 Å². The first kappa shape index (κ1) is 25.0. The molecule has 5 rings (SSSR count). The number of carbonyl (C=O) groups is 4. The van der Waals surface area contributed by atoms with Crippen molar-refractivity contribution in [1.29, 1.82) is 0 Å². The summed E-state index contributed by atoms with van der Waals surface area (Å²) in [6, 6.07) is 7.91. The van der Waals surface area contributed by atoms with E-state index in [4.69, 9.17) is 21.1 Å². The van der Waals surface area contributed by atoms with Crippen LogP contribution in [0.25, 0.3) is 0 Å². The first-order chi connectivity index (χ1) is 17.8. The van der Waals surface area contributed by atoms with Gasteiger partial charge in [-0.2, -0.15) is 0 Å². The number of nitrogens with one attached hydrogen (secondary N) is 3. The fraction of sp³-hybridized carbons (Fsp3) is 0.385. The van der Waals surface area contributed by atoms with Gasteiger partial charge in [-0.15, -0.1) is 0 Å². The van der Waals surface area contributed by atoms with Crippen molar-refractivity contribution in [3.8, 4) is 5.75 Å². The summed E-state index contributed by atoms with van der Waals surface area (Å²) in [5, 5.41) is 8.68. The maximum absolute atomic E-state index is 13.0. The molecular formula is C26H27ClN4O6. The molecular weight excluding hydrogens is 500 g/mol. The van der Waals surface area contributed by atoms with Crippen molar-refractivity contribution in [3.05, 3.63) is 57.6 Å². The minimum Gasteiger partial charge on any atom is -0.489 e. The lowest BCUT2D eigenvalue weighted by atomic mass is 10.0. The molecule has 2 atom stereocenters. The Labute approximate surface area is 218 Å². The van der Waals surface area contributed by atoms with Gasteiger partial charge in [0.05, 0.1) is 0 Å². The maximum Gasteiger partial charge on any atom is 0.411 e. The van der Waals surface area contributed by atoms with Crippen LogP contribution in [0.2, 0.25) is 5.02 Å². The number of nitrogens with zero attached hydrogens (tertiary/aromatic N) is 1. The van der Waals surface area contributed by atoms with E-state index in [1.165, 1.54) is 4.90 Å². The molecule has 3 heterocycles. The summed E-state index contributed by atoms with van der Waals surface area (Å²) in [5.74, 6) is -0.461. The second-order valence-electron chi connectivity index (χ2n) is 9.41. The van der Waals surface area contributed by atoms with E-state index in [2.05, 4.69) is 16.0 Å². The Morgan fingerprint density at radius 1 is 1.19 bits per heavy atom. The summed E-state index contributed by atoms with van der Waals surface area (Å²) in [7, 11) is 0. The Morgan fingerprint density at radius 3 is 2.78 bits per heavy atom. The van der Waals surface area contributed by atoms with Crippen LogP contribution in [-0.2, 0) is 27.5 Å². The number of fused-ring (bicyclic) bond motifs is 1. The standard InChI is InChI=1S/C26H27ClN4O6/c1-14-20(27)9-17(10-22(14)37-18-6-7-28-11-18)29-26(35)36-13-15-2-3-16-12-31(25(34)19(16)8-15)21-4-5-23(32)30-24(21)33/h2-3,8-10,18,21,28H,4-7,11-13H2,1H3,(H,29,35)(H,30,32,33). The number of amides is 4. The predicted molar refractivity (Wildman–Crippen MR) is 134 cm³/mol. The molecule has 37 heavy (non-hydrogen) atoms. The molecule has 2 fully saturated rings. The van der Waals surface area contributed by atoms with Crippen LogP contribution in [0.5, 0.6) is 5.75 Å². The van der Waals surface area contributed by atoms with Gasteiger partial charge in [0.15, 0.2) is 0 Å². The molecule has 0 spiro atoms. The monoisotopic (exact) mass is 526 g/mol. The highest BCUT2D eigenvalue weighted by molar-refractivity contribution is 6.31. The Hall–Kier alpha value is -3.63. The number of halogens is 1. The topological polar surface area (TPSA) is 126 Å². The first-order valence-corrected chi connectivity index (χ1v) is 12.5. The quantitative estimate of drug-likeness (QED) is 0.494. The molecule has 2 saturated heterocycles. The lowest BCUT2D eigenvalue weighted by Crippen LogP contribution is -2.52. The largest absolute Gasteiger partial charge is 0.489 e. The smallest absolute Gasteiger partial charge is 0.411 e. The molecule has 0 bridgehead atoms. The van der Waals surface area contributed by atoms with E-state index in [-0.39, 0.29) is 37.5 Å². The molecule has 0 radical (unpaired) electrons. The van der Waals surface area contributed by atoms with E-state index in [1.54, 1.807) is 30.3 Å². The Morgan fingerprint density at radius 2 is 2.03 bits per heavy atom. The number of anilines is 1. The molecule has 10 nitrogen and oxygen atoms in total. The van der Waals surface area contributed by atoms with Crippen LogP contribution < -0.4 is 20.7 Å². The number of hydrogen-bond acceptors (Lipinski definition) is 7. The molecule has 11 heteroatoms. The SMILES string of the molecule is Cc1c(Cl)cc(NC(=O)OCc2ccc3c(c2)C(=O)N(C2CCC(=O)NC2=O)C3)cc1OC1CCNC1. The van der Waals surface area contributed by atoms with Crippen molar-refractivity contribution in [2.75, 3.05) is 18.4 Å². The molecule has 194 valence electrons. The van der Waals surface area contributed by atoms with Gasteiger partial charge in [0.1, 0.15) is 24.5 Å². The number of rotatable bonds is 6. The number of hydrogen-bond donors (Lipinski definition) is 3. The maximum atomic E-state index is 13.0. The number of benzene rings is 2. The van der Waals surface area contributed by atoms with Gasteiger partial charge < -0.3 is 19.7 Å². The average molecular weight is 527 g/mol. The van der Waals surface area contributed by atoms with E-state index in [0.717, 1.165) is 30.6 Å². The van der Waals surface area contributed by atoms with Crippen molar-refractivity contribution < 1.29 is 28.7 Å². The number of imide groups is 1. The fourth-order valence-corrected chi connectivity index (χ4v) is 4.96. The van der Waals surface area contributed by atoms with E-state index in [9.17, 15) is 19.2 Å². The van der Waals surface area contributed by atoms with Crippen LogP contribution in [0.4, 0.5) is 10.5 Å². The van der Waals surface area contributed by atoms with E-state index < -0.39 is 18.0 Å². The van der Waals surface area contributed by atoms with Gasteiger partial charge in [-0.1, -0.05) is 23.7 Å². The average Bonchev–Trinajstić information content (AvgIpc) is 3.49. The number of carbonyl (C=O) groups excluding carboxylic acids is 4. The molecule has 3 aliphatic heterocycles. The molecule has 3 N–H and O–H groups in total. The summed E-state index contributed by atoms with van der Waals surface area (Å²) in [6.07, 6.45) is 0.762. The third kappa shape index (κ3) is 5.40. The van der Waals surface area contributed by atoms with Gasteiger partial charge >= 0.3 is 6.09 Å². The third-order valence-corrected chi connectivity index (χ3v) is 7.21. The van der Waals surface area contributed by atoms with Crippen LogP contribution in [0.15, 0.2) is 30.3 Å². The molecule has 2 unspecified atom stereocenters. The normalized spacial score (nSPS) is 21.0. The molecule has 3 aliphatic rings. The van der Waals surface area contributed by atoms with Gasteiger partial charge in [-0.05, 0) is 49.6 Å². The molecule has 4 amide bonds. The summed E-state index contributed by atoms with van der Waals surface area (Å²) in [4.78, 5) is 50.6. The van der Waals surface area contributed by atoms with E-state index >= 15 is 0 Å². The second kappa shape index (κ2) is 10.4. The van der Waals surface area contributed by atoms with Gasteiger partial charge in [0, 0.05) is 47.4 Å². The predicted octanol–water partition coefficient (Wildman–Crippen LogP) is 2.90. The van der Waals surface area contributed by atoms with Gasteiger partial charge in [0.2, 0.25) is 11.8 Å². The zero-order chi connectivity index (χ0) is 26.1. The van der Waals surface area contributed by atoms with Crippen LogP contribution in [0.1, 0.15) is 46.3 Å². The molecule has 0 aromatic heterocycles. The van der Waals surface area contributed by atoms with Crippen molar-refractivity contribution in [1.82, 2.24) is 15.5 Å². The van der Waals surface area contributed by atoms with Crippen molar-refractivity contribution in [3.63, 3.8) is 0 Å². The van der Waals surface area contributed by atoms with Gasteiger partial charge in [-0.3, -0.25) is 25.0 Å². The van der Waals surface area contributed by atoms with Crippen molar-refractivity contribution in [2.45, 2.75) is 51.5 Å². The van der Waals surface area contributed by atoms with Gasteiger partial charge in [-0.25, -0.2) is 4.79 Å². The summed E-state index contributed by atoms with van der Waals surface area (Å²) >= 11 is 6.35. The fourth-order valence-electron chi connectivity index (χ4n) is 4.75. The van der Waals surface area contributed by atoms with Crippen molar-refractivity contribution in [2.24, 2.45) is 0 Å². The summed E-state index contributed by atoms with van der Waals surface area (Å²) < 4.78 is 11.4. The Bertz CT molecular complexity index is 1280. The number of piperidine rings is 1. The number of ether oxygens (including phenoxy) is 2. The Balaban J connectivity index is 1.20. The van der Waals surface area contributed by atoms with E-state index in [1.807, 2.05) is 6.92 Å².